The fourth-order valence-corrected chi connectivity index (χ4v) is 3.70. The summed E-state index contributed by atoms with van der Waals surface area (Å²) in [6.07, 6.45) is 1.83. The molecule has 0 unspecified atom stereocenters. The fraction of sp³-hybridized carbons (Fsp3) is 0.241. The highest BCUT2D eigenvalue weighted by Gasteiger charge is 2.13. The van der Waals surface area contributed by atoms with Crippen molar-refractivity contribution in [2.75, 3.05) is 32.7 Å². The summed E-state index contributed by atoms with van der Waals surface area (Å²) < 4.78 is 16.1. The summed E-state index contributed by atoms with van der Waals surface area (Å²) in [5.74, 6) is -0.455. The van der Waals surface area contributed by atoms with Crippen LogP contribution in [-0.4, -0.2) is 51.3 Å². The van der Waals surface area contributed by atoms with Gasteiger partial charge in [0.25, 0.3) is 5.91 Å². The number of amides is 3. The van der Waals surface area contributed by atoms with Crippen LogP contribution in [0, 0.1) is 13.8 Å². The molecule has 0 radical (unpaired) electrons. The summed E-state index contributed by atoms with van der Waals surface area (Å²) in [4.78, 5) is 36.7. The molecule has 3 amide bonds. The molecular formula is C29H32N4O6. The van der Waals surface area contributed by atoms with E-state index in [1.807, 2.05) is 44.2 Å². The van der Waals surface area contributed by atoms with E-state index >= 15 is 0 Å². The molecular weight excluding hydrogens is 500 g/mol. The Morgan fingerprint density at radius 3 is 2.28 bits per heavy atom. The van der Waals surface area contributed by atoms with Gasteiger partial charge in [0, 0.05) is 17.8 Å². The van der Waals surface area contributed by atoms with Gasteiger partial charge in [0.2, 0.25) is 0 Å². The van der Waals surface area contributed by atoms with Gasteiger partial charge in [-0.3, -0.25) is 14.4 Å². The van der Waals surface area contributed by atoms with Crippen LogP contribution >= 0.6 is 0 Å². The second kappa shape index (κ2) is 14.2. The number of hydrogen-bond donors (Lipinski definition) is 3. The minimum Gasteiger partial charge on any atom is -0.493 e. The molecule has 3 rings (SSSR count). The standard InChI is InChI=1S/C29H32N4O6/c1-19-8-7-9-20(2)27(19)32-26(34)18-39-23-11-6-5-10-22(23)17-31-33-29(36)28(35)30-15-14-21-12-13-24(37-3)25(16-21)38-4/h5-13,16-17H,14-15,18H2,1-4H3,(H,30,35)(H,32,34)(H,33,36)/b31-17-. The lowest BCUT2D eigenvalue weighted by molar-refractivity contribution is -0.139. The highest BCUT2D eigenvalue weighted by atomic mass is 16.5. The smallest absolute Gasteiger partial charge is 0.329 e. The van der Waals surface area contributed by atoms with Crippen molar-refractivity contribution in [3.8, 4) is 17.2 Å². The Kier molecular flexibility index (Phi) is 10.4. The summed E-state index contributed by atoms with van der Waals surface area (Å²) in [5.41, 5.74) is 6.29. The second-order valence-electron chi connectivity index (χ2n) is 8.54. The molecule has 0 spiro atoms. The molecule has 10 heteroatoms. The third-order valence-electron chi connectivity index (χ3n) is 5.75. The SMILES string of the molecule is COc1ccc(CCNC(=O)C(=O)N/N=C\c2ccccc2OCC(=O)Nc2c(C)cccc2C)cc1OC. The third-order valence-corrected chi connectivity index (χ3v) is 5.75. The molecule has 0 heterocycles. The Labute approximate surface area is 227 Å². The van der Waals surface area contributed by atoms with Crippen LogP contribution in [0.2, 0.25) is 0 Å². The van der Waals surface area contributed by atoms with Gasteiger partial charge in [0.05, 0.1) is 20.4 Å². The Hall–Kier alpha value is -4.86. The number of anilines is 1. The normalized spacial score (nSPS) is 10.6. The summed E-state index contributed by atoms with van der Waals surface area (Å²) >= 11 is 0. The topological polar surface area (TPSA) is 127 Å². The van der Waals surface area contributed by atoms with Crippen LogP contribution in [0.1, 0.15) is 22.3 Å². The molecule has 0 atom stereocenters. The third kappa shape index (κ3) is 8.32. The van der Waals surface area contributed by atoms with Gasteiger partial charge in [0.15, 0.2) is 18.1 Å². The van der Waals surface area contributed by atoms with Crippen LogP contribution in [0.3, 0.4) is 0 Å². The second-order valence-corrected chi connectivity index (χ2v) is 8.54. The highest BCUT2D eigenvalue weighted by Crippen LogP contribution is 2.27. The number of rotatable bonds is 11. The molecule has 0 saturated heterocycles. The summed E-state index contributed by atoms with van der Waals surface area (Å²) in [5, 5.41) is 9.27. The highest BCUT2D eigenvalue weighted by molar-refractivity contribution is 6.35. The summed E-state index contributed by atoms with van der Waals surface area (Å²) in [7, 11) is 3.10. The minimum atomic E-state index is -0.912. The first-order valence-corrected chi connectivity index (χ1v) is 12.2. The Morgan fingerprint density at radius 1 is 0.846 bits per heavy atom. The lowest BCUT2D eigenvalue weighted by atomic mass is 10.1. The van der Waals surface area contributed by atoms with Crippen LogP contribution in [0.15, 0.2) is 65.8 Å². The molecule has 10 nitrogen and oxygen atoms in total. The molecule has 3 aromatic rings. The predicted molar refractivity (Wildman–Crippen MR) is 148 cm³/mol. The van der Waals surface area contributed by atoms with Crippen molar-refractivity contribution in [2.45, 2.75) is 20.3 Å². The van der Waals surface area contributed by atoms with Crippen LogP contribution < -0.4 is 30.3 Å². The average Bonchev–Trinajstić information content (AvgIpc) is 2.94. The van der Waals surface area contributed by atoms with Crippen LogP contribution in [-0.2, 0) is 20.8 Å². The van der Waals surface area contributed by atoms with Crippen molar-refractivity contribution in [1.82, 2.24) is 10.7 Å². The number of nitrogens with zero attached hydrogens (tertiary/aromatic N) is 1. The molecule has 0 saturated carbocycles. The molecule has 0 aliphatic rings. The number of para-hydroxylation sites is 2. The Morgan fingerprint density at radius 2 is 1.56 bits per heavy atom. The van der Waals surface area contributed by atoms with E-state index in [1.54, 1.807) is 44.6 Å². The maximum absolute atomic E-state index is 12.4. The van der Waals surface area contributed by atoms with E-state index in [9.17, 15) is 14.4 Å². The quantitative estimate of drug-likeness (QED) is 0.198. The molecule has 0 aromatic heterocycles. The molecule has 0 aliphatic heterocycles. The van der Waals surface area contributed by atoms with Crippen molar-refractivity contribution in [1.29, 1.82) is 0 Å². The van der Waals surface area contributed by atoms with E-state index in [0.29, 0.717) is 29.2 Å². The van der Waals surface area contributed by atoms with Crippen LogP contribution in [0.5, 0.6) is 17.2 Å². The first-order chi connectivity index (χ1) is 18.8. The van der Waals surface area contributed by atoms with Gasteiger partial charge < -0.3 is 24.8 Å². The van der Waals surface area contributed by atoms with E-state index in [4.69, 9.17) is 14.2 Å². The van der Waals surface area contributed by atoms with Crippen molar-refractivity contribution < 1.29 is 28.6 Å². The first kappa shape index (κ1) is 28.7. The Balaban J connectivity index is 1.47. The number of methoxy groups -OCH3 is 2. The zero-order valence-electron chi connectivity index (χ0n) is 22.4. The van der Waals surface area contributed by atoms with Gasteiger partial charge in [0.1, 0.15) is 5.75 Å². The van der Waals surface area contributed by atoms with Gasteiger partial charge in [-0.05, 0) is 61.2 Å². The molecule has 0 fully saturated rings. The zero-order chi connectivity index (χ0) is 28.2. The molecule has 204 valence electrons. The molecule has 3 N–H and O–H groups in total. The van der Waals surface area contributed by atoms with Gasteiger partial charge in [-0.1, -0.05) is 36.4 Å². The van der Waals surface area contributed by atoms with E-state index in [0.717, 1.165) is 22.4 Å². The van der Waals surface area contributed by atoms with Crippen LogP contribution in [0.4, 0.5) is 5.69 Å². The number of aryl methyl sites for hydroxylation is 2. The van der Waals surface area contributed by atoms with Gasteiger partial charge >= 0.3 is 11.8 Å². The van der Waals surface area contributed by atoms with Crippen molar-refractivity contribution >= 4 is 29.6 Å². The summed E-state index contributed by atoms with van der Waals surface area (Å²) in [6, 6.07) is 18.1. The molecule has 0 aliphatic carbocycles. The van der Waals surface area contributed by atoms with Gasteiger partial charge in [-0.2, -0.15) is 5.10 Å². The van der Waals surface area contributed by atoms with Gasteiger partial charge in [-0.15, -0.1) is 0 Å². The minimum absolute atomic E-state index is 0.215. The van der Waals surface area contributed by atoms with E-state index in [1.165, 1.54) is 6.21 Å². The number of ether oxygens (including phenoxy) is 3. The van der Waals surface area contributed by atoms with Crippen molar-refractivity contribution in [3.63, 3.8) is 0 Å². The average molecular weight is 533 g/mol. The monoisotopic (exact) mass is 532 g/mol. The maximum atomic E-state index is 12.4. The first-order valence-electron chi connectivity index (χ1n) is 12.2. The van der Waals surface area contributed by atoms with Gasteiger partial charge in [-0.25, -0.2) is 5.43 Å². The number of hydrogen-bond acceptors (Lipinski definition) is 7. The zero-order valence-corrected chi connectivity index (χ0v) is 22.4. The van der Waals surface area contributed by atoms with Crippen molar-refractivity contribution in [3.05, 3.63) is 82.9 Å². The number of nitrogens with one attached hydrogen (secondary N) is 3. The van der Waals surface area contributed by atoms with Crippen LogP contribution in [0.25, 0.3) is 0 Å². The summed E-state index contributed by atoms with van der Waals surface area (Å²) in [6.45, 7) is 3.87. The molecule has 0 bridgehead atoms. The van der Waals surface area contributed by atoms with Crippen molar-refractivity contribution in [2.24, 2.45) is 5.10 Å². The number of carbonyl (C=O) groups excluding carboxylic acids is 3. The fourth-order valence-electron chi connectivity index (χ4n) is 3.70. The molecule has 3 aromatic carbocycles. The Bertz CT molecular complexity index is 1340. The van der Waals surface area contributed by atoms with E-state index in [2.05, 4.69) is 21.2 Å². The van der Waals surface area contributed by atoms with E-state index < -0.39 is 11.8 Å². The largest absolute Gasteiger partial charge is 0.493 e. The lowest BCUT2D eigenvalue weighted by Gasteiger charge is -2.13. The number of benzene rings is 3. The lowest BCUT2D eigenvalue weighted by Crippen LogP contribution is -2.38. The predicted octanol–water partition coefficient (Wildman–Crippen LogP) is 3.15. The maximum Gasteiger partial charge on any atom is 0.329 e. The number of carbonyl (C=O) groups is 3. The van der Waals surface area contributed by atoms with E-state index in [-0.39, 0.29) is 19.1 Å². The molecule has 39 heavy (non-hydrogen) atoms. The number of hydrazone groups is 1.